The number of rotatable bonds is 6. The lowest BCUT2D eigenvalue weighted by atomic mass is 10.1. The molecule has 0 bridgehead atoms. The van der Waals surface area contributed by atoms with Gasteiger partial charge in [0, 0.05) is 11.8 Å². The SMILES string of the molecule is COc1ccc(-c2ccnc(NC(CO)C(C)C)n2)cc1. The number of nitrogens with zero attached hydrogens (tertiary/aromatic N) is 2. The lowest BCUT2D eigenvalue weighted by Crippen LogP contribution is -2.30. The second kappa shape index (κ2) is 7.04. The van der Waals surface area contributed by atoms with Crippen molar-refractivity contribution >= 4 is 5.95 Å². The Morgan fingerprint density at radius 1 is 1.19 bits per heavy atom. The highest BCUT2D eigenvalue weighted by Crippen LogP contribution is 2.21. The van der Waals surface area contributed by atoms with Crippen molar-refractivity contribution in [2.45, 2.75) is 19.9 Å². The first-order chi connectivity index (χ1) is 10.1. The Morgan fingerprint density at radius 3 is 2.48 bits per heavy atom. The van der Waals surface area contributed by atoms with Crippen LogP contribution < -0.4 is 10.1 Å². The molecule has 0 radical (unpaired) electrons. The molecule has 5 heteroatoms. The average Bonchev–Trinajstić information content (AvgIpc) is 2.52. The summed E-state index contributed by atoms with van der Waals surface area (Å²) < 4.78 is 5.15. The maximum Gasteiger partial charge on any atom is 0.223 e. The molecular weight excluding hydrogens is 266 g/mol. The number of benzene rings is 1. The van der Waals surface area contributed by atoms with Crippen molar-refractivity contribution in [3.63, 3.8) is 0 Å². The van der Waals surface area contributed by atoms with Gasteiger partial charge in [-0.15, -0.1) is 0 Å². The number of ether oxygens (including phenoxy) is 1. The van der Waals surface area contributed by atoms with Gasteiger partial charge in [0.15, 0.2) is 0 Å². The molecule has 1 heterocycles. The molecule has 1 unspecified atom stereocenters. The summed E-state index contributed by atoms with van der Waals surface area (Å²) in [5.74, 6) is 1.63. The first kappa shape index (κ1) is 15.3. The van der Waals surface area contributed by atoms with Crippen LogP contribution in [0.3, 0.4) is 0 Å². The predicted octanol–water partition coefficient (Wildman–Crippen LogP) is 2.58. The molecule has 0 spiro atoms. The fraction of sp³-hybridized carbons (Fsp3) is 0.375. The normalized spacial score (nSPS) is 12.2. The highest BCUT2D eigenvalue weighted by atomic mass is 16.5. The van der Waals surface area contributed by atoms with Crippen molar-refractivity contribution in [3.05, 3.63) is 36.5 Å². The number of methoxy groups -OCH3 is 1. The summed E-state index contributed by atoms with van der Waals surface area (Å²) in [6.07, 6.45) is 1.71. The summed E-state index contributed by atoms with van der Waals surface area (Å²) in [6, 6.07) is 9.50. The third kappa shape index (κ3) is 3.92. The zero-order valence-electron chi connectivity index (χ0n) is 12.6. The zero-order valence-corrected chi connectivity index (χ0v) is 12.6. The van der Waals surface area contributed by atoms with Crippen molar-refractivity contribution in [2.75, 3.05) is 19.0 Å². The van der Waals surface area contributed by atoms with Gasteiger partial charge in [0.25, 0.3) is 0 Å². The van der Waals surface area contributed by atoms with E-state index in [1.807, 2.05) is 44.2 Å². The molecule has 1 aromatic heterocycles. The van der Waals surface area contributed by atoms with Gasteiger partial charge in [0.1, 0.15) is 5.75 Å². The smallest absolute Gasteiger partial charge is 0.223 e. The monoisotopic (exact) mass is 287 g/mol. The number of nitrogens with one attached hydrogen (secondary N) is 1. The lowest BCUT2D eigenvalue weighted by Gasteiger charge is -2.19. The summed E-state index contributed by atoms with van der Waals surface area (Å²) in [6.45, 7) is 4.14. The van der Waals surface area contributed by atoms with Gasteiger partial charge in [-0.1, -0.05) is 13.8 Å². The van der Waals surface area contributed by atoms with Crippen LogP contribution in [-0.4, -0.2) is 34.8 Å². The summed E-state index contributed by atoms with van der Waals surface area (Å²) in [7, 11) is 1.64. The average molecular weight is 287 g/mol. The van der Waals surface area contributed by atoms with Crippen LogP contribution >= 0.6 is 0 Å². The first-order valence-electron chi connectivity index (χ1n) is 6.99. The van der Waals surface area contributed by atoms with Crippen LogP contribution in [0.4, 0.5) is 5.95 Å². The van der Waals surface area contributed by atoms with Crippen molar-refractivity contribution in [3.8, 4) is 17.0 Å². The highest BCUT2D eigenvalue weighted by molar-refractivity contribution is 5.60. The fourth-order valence-corrected chi connectivity index (χ4v) is 1.94. The second-order valence-electron chi connectivity index (χ2n) is 5.17. The van der Waals surface area contributed by atoms with E-state index < -0.39 is 0 Å². The number of aliphatic hydroxyl groups is 1. The number of hydrogen-bond acceptors (Lipinski definition) is 5. The molecule has 2 rings (SSSR count). The Kier molecular flexibility index (Phi) is 5.11. The second-order valence-corrected chi connectivity index (χ2v) is 5.17. The third-order valence-electron chi connectivity index (χ3n) is 3.36. The summed E-state index contributed by atoms with van der Waals surface area (Å²) in [5.41, 5.74) is 1.82. The van der Waals surface area contributed by atoms with Crippen LogP contribution in [0.2, 0.25) is 0 Å². The molecule has 2 N–H and O–H groups in total. The predicted molar refractivity (Wildman–Crippen MR) is 83.4 cm³/mol. The maximum atomic E-state index is 9.37. The molecule has 0 saturated carbocycles. The molecule has 0 aliphatic heterocycles. The Labute approximate surface area is 125 Å². The van der Waals surface area contributed by atoms with E-state index in [0.717, 1.165) is 17.0 Å². The Balaban J connectivity index is 2.20. The number of anilines is 1. The quantitative estimate of drug-likeness (QED) is 0.854. The van der Waals surface area contributed by atoms with Crippen LogP contribution in [0.5, 0.6) is 5.75 Å². The van der Waals surface area contributed by atoms with Crippen LogP contribution in [0, 0.1) is 5.92 Å². The van der Waals surface area contributed by atoms with E-state index in [0.29, 0.717) is 11.9 Å². The van der Waals surface area contributed by atoms with Gasteiger partial charge in [0.2, 0.25) is 5.95 Å². The van der Waals surface area contributed by atoms with Crippen molar-refractivity contribution in [1.29, 1.82) is 0 Å². The molecule has 112 valence electrons. The topological polar surface area (TPSA) is 67.3 Å². The Hall–Kier alpha value is -2.14. The van der Waals surface area contributed by atoms with E-state index in [1.54, 1.807) is 13.3 Å². The molecule has 0 fully saturated rings. The van der Waals surface area contributed by atoms with Crippen molar-refractivity contribution in [1.82, 2.24) is 9.97 Å². The van der Waals surface area contributed by atoms with Crippen LogP contribution in [0.15, 0.2) is 36.5 Å². The van der Waals surface area contributed by atoms with Crippen molar-refractivity contribution < 1.29 is 9.84 Å². The summed E-state index contributed by atoms with van der Waals surface area (Å²) >= 11 is 0. The van der Waals surface area contributed by atoms with Gasteiger partial charge < -0.3 is 15.2 Å². The minimum Gasteiger partial charge on any atom is -0.497 e. The van der Waals surface area contributed by atoms with E-state index in [1.165, 1.54) is 0 Å². The number of hydrogen-bond donors (Lipinski definition) is 2. The van der Waals surface area contributed by atoms with E-state index in [2.05, 4.69) is 15.3 Å². The molecule has 0 aliphatic rings. The fourth-order valence-electron chi connectivity index (χ4n) is 1.94. The largest absolute Gasteiger partial charge is 0.497 e. The Morgan fingerprint density at radius 2 is 1.90 bits per heavy atom. The Bertz CT molecular complexity index is 570. The van der Waals surface area contributed by atoms with Gasteiger partial charge in [-0.2, -0.15) is 0 Å². The lowest BCUT2D eigenvalue weighted by molar-refractivity contribution is 0.248. The van der Waals surface area contributed by atoms with E-state index in [-0.39, 0.29) is 12.6 Å². The van der Waals surface area contributed by atoms with Gasteiger partial charge in [-0.3, -0.25) is 0 Å². The molecule has 2 aromatic rings. The number of aliphatic hydroxyl groups excluding tert-OH is 1. The van der Waals surface area contributed by atoms with Crippen LogP contribution in [-0.2, 0) is 0 Å². The van der Waals surface area contributed by atoms with Crippen LogP contribution in [0.1, 0.15) is 13.8 Å². The molecule has 5 nitrogen and oxygen atoms in total. The van der Waals surface area contributed by atoms with Gasteiger partial charge >= 0.3 is 0 Å². The highest BCUT2D eigenvalue weighted by Gasteiger charge is 2.13. The van der Waals surface area contributed by atoms with E-state index in [4.69, 9.17) is 4.74 Å². The first-order valence-corrected chi connectivity index (χ1v) is 6.99. The third-order valence-corrected chi connectivity index (χ3v) is 3.36. The van der Waals surface area contributed by atoms with Gasteiger partial charge in [-0.05, 0) is 36.2 Å². The molecule has 0 amide bonds. The van der Waals surface area contributed by atoms with Gasteiger partial charge in [-0.25, -0.2) is 9.97 Å². The maximum absolute atomic E-state index is 9.37. The van der Waals surface area contributed by atoms with E-state index >= 15 is 0 Å². The molecule has 1 atom stereocenters. The van der Waals surface area contributed by atoms with Gasteiger partial charge in [0.05, 0.1) is 25.5 Å². The number of aromatic nitrogens is 2. The molecule has 1 aromatic carbocycles. The molecule has 0 aliphatic carbocycles. The standard InChI is InChI=1S/C16H21N3O2/c1-11(2)15(10-20)19-16-17-9-8-14(18-16)12-4-6-13(21-3)7-5-12/h4-9,11,15,20H,10H2,1-3H3,(H,17,18,19). The minimum absolute atomic E-state index is 0.0494. The zero-order chi connectivity index (χ0) is 15.2. The molecule has 21 heavy (non-hydrogen) atoms. The summed E-state index contributed by atoms with van der Waals surface area (Å²) in [4.78, 5) is 8.71. The van der Waals surface area contributed by atoms with E-state index in [9.17, 15) is 5.11 Å². The molecule has 0 saturated heterocycles. The van der Waals surface area contributed by atoms with Crippen molar-refractivity contribution in [2.24, 2.45) is 5.92 Å². The van der Waals surface area contributed by atoms with Crippen LogP contribution in [0.25, 0.3) is 11.3 Å². The minimum atomic E-state index is -0.0592. The molecular formula is C16H21N3O2. The summed E-state index contributed by atoms with van der Waals surface area (Å²) in [5, 5.41) is 12.5.